The van der Waals surface area contributed by atoms with Gasteiger partial charge < -0.3 is 30.2 Å². The highest BCUT2D eigenvalue weighted by Gasteiger charge is 2.05. The Labute approximate surface area is 123 Å². The molecule has 0 radical (unpaired) electrons. The van der Waals surface area contributed by atoms with Crippen molar-refractivity contribution in [3.05, 3.63) is 36.4 Å². The van der Waals surface area contributed by atoms with Crippen LogP contribution in [0.5, 0.6) is 23.0 Å². The molecule has 0 spiro atoms. The Bertz CT molecular complexity index is 568. The molecule has 0 atom stereocenters. The van der Waals surface area contributed by atoms with Gasteiger partial charge in [0.25, 0.3) is 0 Å². The average Bonchev–Trinajstić information content (AvgIpc) is 2.48. The molecule has 0 amide bonds. The van der Waals surface area contributed by atoms with Crippen LogP contribution in [-0.2, 0) is 0 Å². The zero-order chi connectivity index (χ0) is 15.2. The van der Waals surface area contributed by atoms with Crippen LogP contribution in [0.15, 0.2) is 36.4 Å². The summed E-state index contributed by atoms with van der Waals surface area (Å²) in [5.74, 6) is 2.39. The first-order valence-corrected chi connectivity index (χ1v) is 6.26. The van der Waals surface area contributed by atoms with Gasteiger partial charge in [-0.25, -0.2) is 0 Å². The number of nitrogens with two attached hydrogens (primary N) is 2. The Hall–Kier alpha value is -2.70. The molecule has 4 N–H and O–H groups in total. The van der Waals surface area contributed by atoms with E-state index in [1.54, 1.807) is 50.6 Å². The van der Waals surface area contributed by atoms with E-state index < -0.39 is 0 Å². The summed E-state index contributed by atoms with van der Waals surface area (Å²) in [4.78, 5) is 0. The standard InChI is InChI=1S/C14H17BN2O4/c1-18-13-5-3-9(7-11(13)16)20-15-21-10-4-6-14(19-2)12(17)8-10/h3-8,15H,16-17H2,1-2H3. The third-order valence-electron chi connectivity index (χ3n) is 2.85. The fourth-order valence-electron chi connectivity index (χ4n) is 1.77. The maximum Gasteiger partial charge on any atom is 0.576 e. The van der Waals surface area contributed by atoms with E-state index >= 15 is 0 Å². The second-order valence-electron chi connectivity index (χ2n) is 4.21. The molecule has 110 valence electrons. The van der Waals surface area contributed by atoms with Crippen molar-refractivity contribution in [3.63, 3.8) is 0 Å². The van der Waals surface area contributed by atoms with Gasteiger partial charge in [0.1, 0.15) is 23.0 Å². The molecule has 0 heterocycles. The van der Waals surface area contributed by atoms with Crippen molar-refractivity contribution in [2.45, 2.75) is 0 Å². The van der Waals surface area contributed by atoms with Crippen molar-refractivity contribution in [2.24, 2.45) is 0 Å². The number of rotatable bonds is 6. The van der Waals surface area contributed by atoms with Gasteiger partial charge in [-0.3, -0.25) is 0 Å². The molecule has 2 aromatic carbocycles. The highest BCUT2D eigenvalue weighted by Crippen LogP contribution is 2.27. The van der Waals surface area contributed by atoms with Crippen molar-refractivity contribution in [1.29, 1.82) is 0 Å². The third kappa shape index (κ3) is 3.65. The van der Waals surface area contributed by atoms with Crippen LogP contribution in [0, 0.1) is 0 Å². The molecule has 0 aliphatic heterocycles. The van der Waals surface area contributed by atoms with Crippen molar-refractivity contribution in [1.82, 2.24) is 0 Å². The van der Waals surface area contributed by atoms with Gasteiger partial charge in [0, 0.05) is 12.1 Å². The number of benzene rings is 2. The van der Waals surface area contributed by atoms with Gasteiger partial charge in [-0.05, 0) is 24.3 Å². The Morgan fingerprint density at radius 3 is 1.52 bits per heavy atom. The number of hydrogen-bond acceptors (Lipinski definition) is 6. The quantitative estimate of drug-likeness (QED) is 0.620. The van der Waals surface area contributed by atoms with Crippen LogP contribution in [0.1, 0.15) is 0 Å². The minimum Gasteiger partial charge on any atom is -0.528 e. The van der Waals surface area contributed by atoms with E-state index in [2.05, 4.69) is 0 Å². The van der Waals surface area contributed by atoms with E-state index in [1.165, 1.54) is 0 Å². The van der Waals surface area contributed by atoms with E-state index in [0.29, 0.717) is 34.4 Å². The first-order chi connectivity index (χ1) is 10.1. The van der Waals surface area contributed by atoms with E-state index in [1.807, 2.05) is 0 Å². The fraction of sp³-hybridized carbons (Fsp3) is 0.143. The van der Waals surface area contributed by atoms with Crippen molar-refractivity contribution < 1.29 is 18.8 Å². The summed E-state index contributed by atoms with van der Waals surface area (Å²) in [6, 6.07) is 10.3. The first kappa shape index (κ1) is 14.7. The molecular formula is C14H17BN2O4. The molecule has 0 bridgehead atoms. The largest absolute Gasteiger partial charge is 0.576 e. The lowest BCUT2D eigenvalue weighted by molar-refractivity contribution is 0.414. The Morgan fingerprint density at radius 1 is 0.762 bits per heavy atom. The highest BCUT2D eigenvalue weighted by molar-refractivity contribution is 6.20. The number of methoxy groups -OCH3 is 2. The molecule has 7 heteroatoms. The van der Waals surface area contributed by atoms with Crippen LogP contribution in [0.3, 0.4) is 0 Å². The van der Waals surface area contributed by atoms with Gasteiger partial charge in [-0.15, -0.1) is 0 Å². The zero-order valence-electron chi connectivity index (χ0n) is 12.0. The zero-order valence-corrected chi connectivity index (χ0v) is 12.0. The number of nitrogen functional groups attached to an aromatic ring is 2. The predicted octanol–water partition coefficient (Wildman–Crippen LogP) is 1.59. The lowest BCUT2D eigenvalue weighted by Gasteiger charge is -2.11. The van der Waals surface area contributed by atoms with Crippen LogP contribution in [-0.4, -0.2) is 21.9 Å². The van der Waals surface area contributed by atoms with Gasteiger partial charge >= 0.3 is 7.69 Å². The second kappa shape index (κ2) is 6.65. The predicted molar refractivity (Wildman–Crippen MR) is 83.2 cm³/mol. The third-order valence-corrected chi connectivity index (χ3v) is 2.85. The van der Waals surface area contributed by atoms with Gasteiger partial charge in [-0.2, -0.15) is 0 Å². The van der Waals surface area contributed by atoms with Crippen molar-refractivity contribution >= 4 is 19.1 Å². The molecule has 2 rings (SSSR count). The maximum atomic E-state index is 5.79. The van der Waals surface area contributed by atoms with E-state index in [-0.39, 0.29) is 7.69 Å². The van der Waals surface area contributed by atoms with E-state index in [4.69, 9.17) is 30.2 Å². The summed E-state index contributed by atoms with van der Waals surface area (Å²) < 4.78 is 21.1. The molecule has 0 aromatic heterocycles. The van der Waals surface area contributed by atoms with E-state index in [0.717, 1.165) is 0 Å². The van der Waals surface area contributed by atoms with Crippen molar-refractivity contribution in [3.8, 4) is 23.0 Å². The molecule has 0 saturated carbocycles. The minimum absolute atomic E-state index is 0.0392. The maximum absolute atomic E-state index is 5.79. The lowest BCUT2D eigenvalue weighted by Crippen LogP contribution is -2.11. The van der Waals surface area contributed by atoms with Gasteiger partial charge in [-0.1, -0.05) is 0 Å². The van der Waals surface area contributed by atoms with Crippen LogP contribution in [0.4, 0.5) is 11.4 Å². The normalized spacial score (nSPS) is 9.81. The topological polar surface area (TPSA) is 89.0 Å². The van der Waals surface area contributed by atoms with Gasteiger partial charge in [0.05, 0.1) is 25.6 Å². The molecule has 6 nitrogen and oxygen atoms in total. The molecule has 21 heavy (non-hydrogen) atoms. The van der Waals surface area contributed by atoms with Crippen LogP contribution in [0.25, 0.3) is 0 Å². The summed E-state index contributed by atoms with van der Waals surface area (Å²) in [5, 5.41) is 0. The molecule has 0 aliphatic rings. The lowest BCUT2D eigenvalue weighted by atomic mass is 10.2. The second-order valence-corrected chi connectivity index (χ2v) is 4.21. The molecule has 2 aromatic rings. The summed E-state index contributed by atoms with van der Waals surface area (Å²) in [7, 11) is 3.16. The molecule has 0 saturated heterocycles. The van der Waals surface area contributed by atoms with Crippen LogP contribution in [0.2, 0.25) is 0 Å². The smallest absolute Gasteiger partial charge is 0.528 e. The minimum atomic E-state index is 0.0392. The fourth-order valence-corrected chi connectivity index (χ4v) is 1.77. The Kier molecular flexibility index (Phi) is 4.66. The number of hydrogen-bond donors (Lipinski definition) is 2. The molecule has 0 fully saturated rings. The van der Waals surface area contributed by atoms with Gasteiger partial charge in [0.2, 0.25) is 0 Å². The van der Waals surface area contributed by atoms with E-state index in [9.17, 15) is 0 Å². The van der Waals surface area contributed by atoms with Crippen molar-refractivity contribution in [2.75, 3.05) is 25.7 Å². The summed E-state index contributed by atoms with van der Waals surface area (Å²) in [6.45, 7) is 0. The monoisotopic (exact) mass is 288 g/mol. The van der Waals surface area contributed by atoms with Gasteiger partial charge in [0.15, 0.2) is 0 Å². The average molecular weight is 288 g/mol. The highest BCUT2D eigenvalue weighted by atomic mass is 16.6. The SMILES string of the molecule is COc1ccc(OBOc2ccc(OC)c(N)c2)cc1N. The number of anilines is 2. The van der Waals surface area contributed by atoms with Crippen LogP contribution >= 0.6 is 0 Å². The summed E-state index contributed by atoms with van der Waals surface area (Å²) in [6.07, 6.45) is 0. The Morgan fingerprint density at radius 2 is 1.19 bits per heavy atom. The Balaban J connectivity index is 1.92. The molecule has 0 aliphatic carbocycles. The van der Waals surface area contributed by atoms with Crippen LogP contribution < -0.4 is 30.2 Å². The molecular weight excluding hydrogens is 271 g/mol. The first-order valence-electron chi connectivity index (χ1n) is 6.26. The summed E-state index contributed by atoms with van der Waals surface area (Å²) in [5.41, 5.74) is 12.6. The molecule has 0 unspecified atom stereocenters. The number of ether oxygens (including phenoxy) is 2. The summed E-state index contributed by atoms with van der Waals surface area (Å²) >= 11 is 0.